The number of carbonyl (C=O) groups excluding carboxylic acids is 1. The van der Waals surface area contributed by atoms with Crippen molar-refractivity contribution in [3.05, 3.63) is 63.7 Å². The minimum atomic E-state index is -0.484. The first-order valence-electron chi connectivity index (χ1n) is 6.22. The summed E-state index contributed by atoms with van der Waals surface area (Å²) < 4.78 is 0. The summed E-state index contributed by atoms with van der Waals surface area (Å²) in [5.74, 6) is -0.245. The van der Waals surface area contributed by atoms with Crippen molar-refractivity contribution >= 4 is 17.3 Å². The van der Waals surface area contributed by atoms with Gasteiger partial charge in [-0.25, -0.2) is 0 Å². The van der Waals surface area contributed by atoms with Gasteiger partial charge in [0.15, 0.2) is 0 Å². The molecule has 0 aromatic heterocycles. The molecule has 0 aliphatic rings. The Kier molecular flexibility index (Phi) is 3.89. The summed E-state index contributed by atoms with van der Waals surface area (Å²) >= 11 is 0. The van der Waals surface area contributed by atoms with Crippen LogP contribution in [0.1, 0.15) is 15.9 Å². The van der Waals surface area contributed by atoms with E-state index in [2.05, 4.69) is 0 Å². The zero-order valence-corrected chi connectivity index (χ0v) is 11.6. The number of phenolic OH excluding ortho intramolecular Hbond substituents is 1. The smallest absolute Gasteiger partial charge is 0.272 e. The zero-order valence-electron chi connectivity index (χ0n) is 11.6. The molecule has 0 saturated heterocycles. The summed E-state index contributed by atoms with van der Waals surface area (Å²) in [4.78, 5) is 24.0. The minimum Gasteiger partial charge on any atom is -0.508 e. The number of nitrogens with zero attached hydrogens (tertiary/aromatic N) is 2. The van der Waals surface area contributed by atoms with Crippen LogP contribution in [-0.4, -0.2) is 23.0 Å². The van der Waals surface area contributed by atoms with E-state index in [0.717, 1.165) is 0 Å². The summed E-state index contributed by atoms with van der Waals surface area (Å²) in [7, 11) is 1.58. The van der Waals surface area contributed by atoms with E-state index < -0.39 is 4.92 Å². The van der Waals surface area contributed by atoms with Gasteiger partial charge in [-0.15, -0.1) is 0 Å². The molecule has 108 valence electrons. The molecule has 2 aromatic rings. The number of hydrogen-bond acceptors (Lipinski definition) is 4. The van der Waals surface area contributed by atoms with Gasteiger partial charge in [-0.2, -0.15) is 0 Å². The number of nitro benzene ring substituents is 1. The van der Waals surface area contributed by atoms with Gasteiger partial charge in [-0.1, -0.05) is 6.07 Å². The fraction of sp³-hybridized carbons (Fsp3) is 0.133. The molecule has 0 bridgehead atoms. The molecular formula is C15H14N2O4. The lowest BCUT2D eigenvalue weighted by Crippen LogP contribution is -2.26. The molecule has 0 spiro atoms. The van der Waals surface area contributed by atoms with Crippen molar-refractivity contribution in [1.29, 1.82) is 0 Å². The average Bonchev–Trinajstić information content (AvgIpc) is 2.45. The highest BCUT2D eigenvalue weighted by Gasteiger charge is 2.17. The molecule has 21 heavy (non-hydrogen) atoms. The van der Waals surface area contributed by atoms with Crippen LogP contribution in [0.2, 0.25) is 0 Å². The van der Waals surface area contributed by atoms with Crippen LogP contribution in [0.25, 0.3) is 0 Å². The number of hydrogen-bond donors (Lipinski definition) is 1. The number of amides is 1. The first-order chi connectivity index (χ1) is 9.90. The lowest BCUT2D eigenvalue weighted by Gasteiger charge is -2.17. The molecule has 1 N–H and O–H groups in total. The van der Waals surface area contributed by atoms with Gasteiger partial charge in [-0.3, -0.25) is 14.9 Å². The van der Waals surface area contributed by atoms with Crippen LogP contribution in [0.15, 0.2) is 42.5 Å². The molecule has 2 aromatic carbocycles. The van der Waals surface area contributed by atoms with Gasteiger partial charge in [0.25, 0.3) is 11.6 Å². The van der Waals surface area contributed by atoms with Crippen LogP contribution in [0, 0.1) is 17.0 Å². The molecule has 0 unspecified atom stereocenters. The van der Waals surface area contributed by atoms with E-state index in [1.807, 2.05) is 0 Å². The lowest BCUT2D eigenvalue weighted by molar-refractivity contribution is -0.385. The Hall–Kier alpha value is -2.89. The summed E-state index contributed by atoms with van der Waals surface area (Å²) in [6.07, 6.45) is 0. The van der Waals surface area contributed by atoms with Gasteiger partial charge in [0.05, 0.1) is 4.92 Å². The number of anilines is 1. The molecular weight excluding hydrogens is 272 g/mol. The third kappa shape index (κ3) is 3.00. The number of aromatic hydroxyl groups is 1. The highest BCUT2D eigenvalue weighted by atomic mass is 16.6. The SMILES string of the molecule is Cc1cc(C(=O)N(C)c2cccc(O)c2)ccc1[N+](=O)[O-]. The monoisotopic (exact) mass is 286 g/mol. The minimum absolute atomic E-state index is 0.0217. The van der Waals surface area contributed by atoms with Crippen molar-refractivity contribution in [3.63, 3.8) is 0 Å². The standard InChI is InChI=1S/C15H14N2O4/c1-10-8-11(6-7-14(10)17(20)21)15(19)16(2)12-4-3-5-13(18)9-12/h3-9,18H,1-2H3. The Morgan fingerprint density at radius 1 is 1.24 bits per heavy atom. The van der Waals surface area contributed by atoms with Gasteiger partial charge in [0.1, 0.15) is 5.75 Å². The summed E-state index contributed by atoms with van der Waals surface area (Å²) in [5.41, 5.74) is 1.29. The van der Waals surface area contributed by atoms with E-state index in [0.29, 0.717) is 16.8 Å². The second kappa shape index (κ2) is 5.62. The van der Waals surface area contributed by atoms with E-state index in [-0.39, 0.29) is 17.3 Å². The molecule has 6 heteroatoms. The Labute approximate surface area is 121 Å². The second-order valence-corrected chi connectivity index (χ2v) is 4.64. The van der Waals surface area contributed by atoms with Crippen molar-refractivity contribution < 1.29 is 14.8 Å². The molecule has 0 saturated carbocycles. The van der Waals surface area contributed by atoms with Gasteiger partial charge >= 0.3 is 0 Å². The number of rotatable bonds is 3. The molecule has 0 radical (unpaired) electrons. The van der Waals surface area contributed by atoms with Crippen LogP contribution < -0.4 is 4.90 Å². The Morgan fingerprint density at radius 2 is 1.95 bits per heavy atom. The number of benzene rings is 2. The normalized spacial score (nSPS) is 10.2. The van der Waals surface area contributed by atoms with Crippen molar-refractivity contribution in [1.82, 2.24) is 0 Å². The maximum absolute atomic E-state index is 12.4. The molecule has 0 heterocycles. The predicted octanol–water partition coefficient (Wildman–Crippen LogP) is 2.89. The van der Waals surface area contributed by atoms with Crippen LogP contribution in [-0.2, 0) is 0 Å². The zero-order chi connectivity index (χ0) is 15.6. The molecule has 0 atom stereocenters. The summed E-state index contributed by atoms with van der Waals surface area (Å²) in [5, 5.41) is 20.2. The average molecular weight is 286 g/mol. The number of aryl methyl sites for hydroxylation is 1. The molecule has 0 fully saturated rings. The van der Waals surface area contributed by atoms with E-state index >= 15 is 0 Å². The van der Waals surface area contributed by atoms with Crippen molar-refractivity contribution in [2.75, 3.05) is 11.9 Å². The van der Waals surface area contributed by atoms with Gasteiger partial charge in [0, 0.05) is 36.0 Å². The highest BCUT2D eigenvalue weighted by Crippen LogP contribution is 2.23. The fourth-order valence-corrected chi connectivity index (χ4v) is 2.01. The number of carbonyl (C=O) groups is 1. The molecule has 1 amide bonds. The molecule has 2 rings (SSSR count). The highest BCUT2D eigenvalue weighted by molar-refractivity contribution is 6.06. The summed E-state index contributed by atoms with van der Waals surface area (Å²) in [6, 6.07) is 10.5. The Morgan fingerprint density at radius 3 is 2.52 bits per heavy atom. The van der Waals surface area contributed by atoms with Crippen LogP contribution in [0.5, 0.6) is 5.75 Å². The van der Waals surface area contributed by atoms with Crippen LogP contribution >= 0.6 is 0 Å². The van der Waals surface area contributed by atoms with Crippen molar-refractivity contribution in [2.45, 2.75) is 6.92 Å². The van der Waals surface area contributed by atoms with Gasteiger partial charge in [0.2, 0.25) is 0 Å². The number of nitro groups is 1. The van der Waals surface area contributed by atoms with Crippen LogP contribution in [0.4, 0.5) is 11.4 Å². The number of phenols is 1. The van der Waals surface area contributed by atoms with E-state index in [4.69, 9.17) is 0 Å². The molecule has 0 aliphatic carbocycles. The Balaban J connectivity index is 2.32. The molecule has 6 nitrogen and oxygen atoms in total. The first kappa shape index (κ1) is 14.5. The summed E-state index contributed by atoms with van der Waals surface area (Å²) in [6.45, 7) is 1.59. The lowest BCUT2D eigenvalue weighted by atomic mass is 10.1. The maximum Gasteiger partial charge on any atom is 0.272 e. The Bertz CT molecular complexity index is 713. The largest absolute Gasteiger partial charge is 0.508 e. The van der Waals surface area contributed by atoms with Crippen LogP contribution in [0.3, 0.4) is 0 Å². The van der Waals surface area contributed by atoms with E-state index in [1.54, 1.807) is 26.1 Å². The fourth-order valence-electron chi connectivity index (χ4n) is 2.01. The molecule has 0 aliphatic heterocycles. The third-order valence-corrected chi connectivity index (χ3v) is 3.16. The third-order valence-electron chi connectivity index (χ3n) is 3.16. The maximum atomic E-state index is 12.4. The van der Waals surface area contributed by atoms with Crippen molar-refractivity contribution in [2.24, 2.45) is 0 Å². The van der Waals surface area contributed by atoms with Gasteiger partial charge < -0.3 is 10.0 Å². The van der Waals surface area contributed by atoms with Crippen molar-refractivity contribution in [3.8, 4) is 5.75 Å². The second-order valence-electron chi connectivity index (χ2n) is 4.64. The van der Waals surface area contributed by atoms with E-state index in [9.17, 15) is 20.0 Å². The first-order valence-corrected chi connectivity index (χ1v) is 6.22. The predicted molar refractivity (Wildman–Crippen MR) is 78.7 cm³/mol. The topological polar surface area (TPSA) is 83.7 Å². The van der Waals surface area contributed by atoms with Gasteiger partial charge in [-0.05, 0) is 31.2 Å². The quantitative estimate of drug-likeness (QED) is 0.694. The van der Waals surface area contributed by atoms with E-state index in [1.165, 1.54) is 35.2 Å².